The molecule has 1 heterocycles. The van der Waals surface area contributed by atoms with Gasteiger partial charge in [-0.25, -0.2) is 4.98 Å². The van der Waals surface area contributed by atoms with E-state index in [1.165, 1.54) is 11.5 Å². The first-order valence-electron chi connectivity index (χ1n) is 5.03. The topological polar surface area (TPSA) is 37.8 Å². The van der Waals surface area contributed by atoms with Crippen molar-refractivity contribution in [1.29, 1.82) is 0 Å². The number of anilines is 1. The Morgan fingerprint density at radius 3 is 2.60 bits per heavy atom. The second kappa shape index (κ2) is 5.16. The van der Waals surface area contributed by atoms with Gasteiger partial charge in [0.25, 0.3) is 0 Å². The molecule has 1 N–H and O–H groups in total. The molecule has 15 heavy (non-hydrogen) atoms. The minimum absolute atomic E-state index is 0.0408. The fourth-order valence-electron chi connectivity index (χ4n) is 1.09. The summed E-state index contributed by atoms with van der Waals surface area (Å²) in [5.74, 6) is 2.01. The van der Waals surface area contributed by atoms with Gasteiger partial charge in [0.1, 0.15) is 5.82 Å². The van der Waals surface area contributed by atoms with Gasteiger partial charge >= 0.3 is 0 Å². The molecule has 5 heteroatoms. The molecule has 1 atom stereocenters. The molecule has 3 nitrogen and oxygen atoms in total. The van der Waals surface area contributed by atoms with E-state index in [1.807, 2.05) is 11.8 Å². The van der Waals surface area contributed by atoms with Gasteiger partial charge in [0.05, 0.1) is 0 Å². The third kappa shape index (κ3) is 3.99. The zero-order valence-electron chi connectivity index (χ0n) is 10.00. The standard InChI is InChI=1S/C10H19N3S2/c1-7(6-14-5)11-9-12-8(13-15-9)10(2,3)4/h7H,6H2,1-5H3,(H,11,12,13). The van der Waals surface area contributed by atoms with Crippen molar-refractivity contribution in [3.8, 4) is 0 Å². The Morgan fingerprint density at radius 2 is 2.13 bits per heavy atom. The number of rotatable bonds is 4. The van der Waals surface area contributed by atoms with Crippen molar-refractivity contribution < 1.29 is 0 Å². The molecule has 0 bridgehead atoms. The Bertz CT molecular complexity index is 304. The monoisotopic (exact) mass is 245 g/mol. The molecule has 0 aliphatic heterocycles. The lowest BCUT2D eigenvalue weighted by Crippen LogP contribution is -2.18. The lowest BCUT2D eigenvalue weighted by Gasteiger charge is -2.13. The molecule has 86 valence electrons. The van der Waals surface area contributed by atoms with Gasteiger partial charge in [0.15, 0.2) is 0 Å². The van der Waals surface area contributed by atoms with Crippen LogP contribution in [0.4, 0.5) is 5.13 Å². The zero-order valence-corrected chi connectivity index (χ0v) is 11.6. The van der Waals surface area contributed by atoms with Gasteiger partial charge in [-0.05, 0) is 13.2 Å². The van der Waals surface area contributed by atoms with Crippen LogP contribution in [0, 0.1) is 0 Å². The molecule has 0 fully saturated rings. The van der Waals surface area contributed by atoms with Crippen molar-refractivity contribution in [3.05, 3.63) is 5.82 Å². The van der Waals surface area contributed by atoms with Crippen molar-refractivity contribution >= 4 is 28.4 Å². The fraction of sp³-hybridized carbons (Fsp3) is 0.800. The fourth-order valence-corrected chi connectivity index (χ4v) is 2.54. The zero-order chi connectivity index (χ0) is 11.5. The van der Waals surface area contributed by atoms with Gasteiger partial charge in [0.2, 0.25) is 5.13 Å². The average Bonchev–Trinajstić information content (AvgIpc) is 2.52. The van der Waals surface area contributed by atoms with Crippen LogP contribution in [-0.2, 0) is 5.41 Å². The molecule has 0 amide bonds. The number of nitrogens with zero attached hydrogens (tertiary/aromatic N) is 2. The number of hydrogen-bond acceptors (Lipinski definition) is 5. The van der Waals surface area contributed by atoms with Crippen molar-refractivity contribution in [1.82, 2.24) is 9.36 Å². The molecule has 0 aliphatic rings. The number of hydrogen-bond donors (Lipinski definition) is 1. The summed E-state index contributed by atoms with van der Waals surface area (Å²) in [5.41, 5.74) is 0.0408. The van der Waals surface area contributed by atoms with Crippen LogP contribution in [0.25, 0.3) is 0 Å². The van der Waals surface area contributed by atoms with E-state index in [4.69, 9.17) is 0 Å². The molecule has 1 rings (SSSR count). The van der Waals surface area contributed by atoms with Crippen LogP contribution < -0.4 is 5.32 Å². The van der Waals surface area contributed by atoms with Crippen LogP contribution in [0.5, 0.6) is 0 Å². The Labute approximate surface area is 100 Å². The lowest BCUT2D eigenvalue weighted by atomic mass is 9.96. The van der Waals surface area contributed by atoms with E-state index in [9.17, 15) is 0 Å². The Hall–Kier alpha value is -0.290. The Kier molecular flexibility index (Phi) is 4.40. The summed E-state index contributed by atoms with van der Waals surface area (Å²) in [6.07, 6.45) is 2.11. The average molecular weight is 245 g/mol. The van der Waals surface area contributed by atoms with Gasteiger partial charge in [-0.2, -0.15) is 16.1 Å². The van der Waals surface area contributed by atoms with Crippen molar-refractivity contribution in [3.63, 3.8) is 0 Å². The highest BCUT2D eigenvalue weighted by atomic mass is 32.2. The van der Waals surface area contributed by atoms with E-state index >= 15 is 0 Å². The summed E-state index contributed by atoms with van der Waals surface area (Å²) in [6, 6.07) is 0.445. The maximum absolute atomic E-state index is 4.49. The molecule has 1 aromatic rings. The van der Waals surface area contributed by atoms with Crippen LogP contribution in [0.2, 0.25) is 0 Å². The summed E-state index contributed by atoms with van der Waals surface area (Å²) >= 11 is 3.28. The summed E-state index contributed by atoms with van der Waals surface area (Å²) in [5, 5.41) is 4.29. The third-order valence-electron chi connectivity index (χ3n) is 1.88. The van der Waals surface area contributed by atoms with Gasteiger partial charge in [-0.15, -0.1) is 0 Å². The van der Waals surface area contributed by atoms with Crippen LogP contribution >= 0.6 is 23.3 Å². The summed E-state index contributed by atoms with van der Waals surface area (Å²) < 4.78 is 4.36. The van der Waals surface area contributed by atoms with Crippen LogP contribution in [-0.4, -0.2) is 27.4 Å². The largest absolute Gasteiger partial charge is 0.357 e. The van der Waals surface area contributed by atoms with Crippen molar-refractivity contribution in [2.75, 3.05) is 17.3 Å². The van der Waals surface area contributed by atoms with Crippen LogP contribution in [0.15, 0.2) is 0 Å². The maximum atomic E-state index is 4.49. The second-order valence-corrected chi connectivity index (χ2v) is 6.34. The molecule has 0 aliphatic carbocycles. The third-order valence-corrected chi connectivity index (χ3v) is 3.36. The first kappa shape index (κ1) is 12.8. The summed E-state index contributed by atoms with van der Waals surface area (Å²) in [7, 11) is 0. The lowest BCUT2D eigenvalue weighted by molar-refractivity contribution is 0.555. The van der Waals surface area contributed by atoms with E-state index in [0.29, 0.717) is 6.04 Å². The maximum Gasteiger partial charge on any atom is 0.202 e. The molecule has 0 spiro atoms. The summed E-state index contributed by atoms with van der Waals surface area (Å²) in [6.45, 7) is 8.55. The van der Waals surface area contributed by atoms with E-state index in [-0.39, 0.29) is 5.41 Å². The summed E-state index contributed by atoms with van der Waals surface area (Å²) in [4.78, 5) is 4.49. The molecular formula is C10H19N3S2. The Morgan fingerprint density at radius 1 is 1.47 bits per heavy atom. The van der Waals surface area contributed by atoms with Crippen LogP contribution in [0.3, 0.4) is 0 Å². The van der Waals surface area contributed by atoms with E-state index < -0.39 is 0 Å². The van der Waals surface area contributed by atoms with E-state index in [1.54, 1.807) is 0 Å². The highest BCUT2D eigenvalue weighted by molar-refractivity contribution is 7.98. The van der Waals surface area contributed by atoms with Crippen molar-refractivity contribution in [2.45, 2.75) is 39.2 Å². The minimum Gasteiger partial charge on any atom is -0.357 e. The molecular weight excluding hydrogens is 226 g/mol. The minimum atomic E-state index is 0.0408. The van der Waals surface area contributed by atoms with E-state index in [0.717, 1.165) is 16.7 Å². The number of aromatic nitrogens is 2. The SMILES string of the molecule is CSCC(C)Nc1nc(C(C)(C)C)ns1. The van der Waals surface area contributed by atoms with Gasteiger partial charge in [-0.3, -0.25) is 0 Å². The molecule has 1 unspecified atom stereocenters. The molecule has 0 radical (unpaired) electrons. The van der Waals surface area contributed by atoms with Crippen molar-refractivity contribution in [2.24, 2.45) is 0 Å². The highest BCUT2D eigenvalue weighted by Crippen LogP contribution is 2.23. The number of nitrogens with one attached hydrogen (secondary N) is 1. The first-order valence-corrected chi connectivity index (χ1v) is 7.20. The van der Waals surface area contributed by atoms with E-state index in [2.05, 4.69) is 48.6 Å². The van der Waals surface area contributed by atoms with Gasteiger partial charge < -0.3 is 5.32 Å². The predicted molar refractivity (Wildman–Crippen MR) is 70.1 cm³/mol. The first-order chi connectivity index (χ1) is 6.93. The second-order valence-electron chi connectivity index (χ2n) is 4.67. The smallest absolute Gasteiger partial charge is 0.202 e. The molecule has 1 aromatic heterocycles. The predicted octanol–water partition coefficient (Wildman–Crippen LogP) is 3.00. The van der Waals surface area contributed by atoms with Gasteiger partial charge in [0, 0.05) is 28.7 Å². The normalized spacial score (nSPS) is 13.9. The molecule has 0 aromatic carbocycles. The number of thioether (sulfide) groups is 1. The van der Waals surface area contributed by atoms with Gasteiger partial charge in [-0.1, -0.05) is 20.8 Å². The quantitative estimate of drug-likeness (QED) is 0.885. The van der Waals surface area contributed by atoms with Crippen LogP contribution in [0.1, 0.15) is 33.5 Å². The Balaban J connectivity index is 2.61. The molecule has 0 saturated carbocycles. The highest BCUT2D eigenvalue weighted by Gasteiger charge is 2.19. The molecule has 0 saturated heterocycles.